The molecule has 0 saturated heterocycles. The SMILES string of the molecule is CC(=O)C1C(Cl)(Cl)C1(Cl)Cl. The van der Waals surface area contributed by atoms with Gasteiger partial charge in [-0.1, -0.05) is 46.4 Å². The van der Waals surface area contributed by atoms with E-state index in [-0.39, 0.29) is 5.78 Å². The molecule has 0 N–H and O–H groups in total. The van der Waals surface area contributed by atoms with Gasteiger partial charge in [-0.2, -0.15) is 0 Å². The fourth-order valence-corrected chi connectivity index (χ4v) is 2.56. The molecule has 0 unspecified atom stereocenters. The van der Waals surface area contributed by atoms with Crippen molar-refractivity contribution >= 4 is 52.2 Å². The summed E-state index contributed by atoms with van der Waals surface area (Å²) in [7, 11) is 0. The van der Waals surface area contributed by atoms with Crippen LogP contribution in [0.1, 0.15) is 6.92 Å². The summed E-state index contributed by atoms with van der Waals surface area (Å²) in [6.07, 6.45) is 0. The van der Waals surface area contributed by atoms with Gasteiger partial charge in [0.1, 0.15) is 5.78 Å². The molecule has 0 bridgehead atoms. The van der Waals surface area contributed by atoms with Crippen molar-refractivity contribution in [3.8, 4) is 0 Å². The minimum atomic E-state index is -1.29. The van der Waals surface area contributed by atoms with Crippen molar-refractivity contribution in [1.29, 1.82) is 0 Å². The Balaban J connectivity index is 2.81. The van der Waals surface area contributed by atoms with Crippen molar-refractivity contribution in [1.82, 2.24) is 0 Å². The van der Waals surface area contributed by atoms with Gasteiger partial charge < -0.3 is 0 Å². The molecule has 1 rings (SSSR count). The lowest BCUT2D eigenvalue weighted by Gasteiger charge is -1.93. The van der Waals surface area contributed by atoms with E-state index in [9.17, 15) is 4.79 Å². The molecule has 0 amide bonds. The van der Waals surface area contributed by atoms with Crippen LogP contribution >= 0.6 is 46.4 Å². The third kappa shape index (κ3) is 0.953. The van der Waals surface area contributed by atoms with E-state index in [0.29, 0.717) is 0 Å². The molecule has 0 aromatic carbocycles. The molecular formula is C5H4Cl4O. The Bertz CT molecular complexity index is 172. The first kappa shape index (κ1) is 8.92. The van der Waals surface area contributed by atoms with Crippen molar-refractivity contribution in [3.63, 3.8) is 0 Å². The van der Waals surface area contributed by atoms with Gasteiger partial charge in [0.25, 0.3) is 0 Å². The van der Waals surface area contributed by atoms with Gasteiger partial charge in [-0.3, -0.25) is 4.79 Å². The van der Waals surface area contributed by atoms with E-state index in [1.54, 1.807) is 0 Å². The number of halogens is 4. The van der Waals surface area contributed by atoms with Gasteiger partial charge in [0.2, 0.25) is 0 Å². The minimum Gasteiger partial charge on any atom is -0.299 e. The van der Waals surface area contributed by atoms with Crippen molar-refractivity contribution < 1.29 is 4.79 Å². The predicted octanol–water partition coefficient (Wildman–Crippen LogP) is 2.55. The Morgan fingerprint density at radius 2 is 1.50 bits per heavy atom. The van der Waals surface area contributed by atoms with Gasteiger partial charge in [0, 0.05) is 0 Å². The van der Waals surface area contributed by atoms with Gasteiger partial charge in [0.05, 0.1) is 5.92 Å². The topological polar surface area (TPSA) is 17.1 Å². The van der Waals surface area contributed by atoms with E-state index in [4.69, 9.17) is 46.4 Å². The number of rotatable bonds is 1. The van der Waals surface area contributed by atoms with Crippen molar-refractivity contribution in [2.45, 2.75) is 15.6 Å². The zero-order valence-corrected chi connectivity index (χ0v) is 8.02. The second-order valence-corrected chi connectivity index (χ2v) is 5.06. The number of hydrogen-bond donors (Lipinski definition) is 0. The zero-order valence-electron chi connectivity index (χ0n) is 5.00. The number of carbonyl (C=O) groups excluding carboxylic acids is 1. The van der Waals surface area contributed by atoms with E-state index < -0.39 is 14.6 Å². The van der Waals surface area contributed by atoms with Crippen LogP contribution in [0, 0.1) is 5.92 Å². The molecule has 1 nitrogen and oxygen atoms in total. The van der Waals surface area contributed by atoms with Crippen LogP contribution in [0.15, 0.2) is 0 Å². The summed E-state index contributed by atoms with van der Waals surface area (Å²) >= 11 is 22.3. The lowest BCUT2D eigenvalue weighted by molar-refractivity contribution is -0.118. The number of alkyl halides is 4. The maximum atomic E-state index is 10.7. The molecule has 5 heteroatoms. The number of Topliss-reactive ketones (excluding diaryl/α,β-unsaturated/α-hetero) is 1. The van der Waals surface area contributed by atoms with Gasteiger partial charge in [-0.25, -0.2) is 0 Å². The molecule has 58 valence electrons. The molecule has 0 radical (unpaired) electrons. The fraction of sp³-hybridized carbons (Fsp3) is 0.800. The van der Waals surface area contributed by atoms with Gasteiger partial charge in [-0.15, -0.1) is 0 Å². The Morgan fingerprint density at radius 3 is 1.50 bits per heavy atom. The molecule has 10 heavy (non-hydrogen) atoms. The Labute approximate surface area is 78.6 Å². The molecule has 0 aromatic rings. The lowest BCUT2D eigenvalue weighted by atomic mass is 10.3. The van der Waals surface area contributed by atoms with Crippen LogP contribution in [0.4, 0.5) is 0 Å². The number of ketones is 1. The largest absolute Gasteiger partial charge is 0.299 e. The molecular weight excluding hydrogens is 218 g/mol. The van der Waals surface area contributed by atoms with Crippen LogP contribution in [0.2, 0.25) is 0 Å². The summed E-state index contributed by atoms with van der Waals surface area (Å²) in [6, 6.07) is 0. The highest BCUT2D eigenvalue weighted by Crippen LogP contribution is 2.69. The molecule has 1 aliphatic carbocycles. The molecule has 1 saturated carbocycles. The highest BCUT2D eigenvalue weighted by atomic mass is 35.5. The van der Waals surface area contributed by atoms with E-state index in [0.717, 1.165) is 0 Å². The molecule has 1 fully saturated rings. The highest BCUT2D eigenvalue weighted by Gasteiger charge is 2.77. The van der Waals surface area contributed by atoms with Crippen LogP contribution in [0.25, 0.3) is 0 Å². The quantitative estimate of drug-likeness (QED) is 0.623. The Kier molecular flexibility index (Phi) is 1.93. The highest BCUT2D eigenvalue weighted by molar-refractivity contribution is 6.69. The Morgan fingerprint density at radius 1 is 1.20 bits per heavy atom. The van der Waals surface area contributed by atoms with Gasteiger partial charge in [-0.05, 0) is 6.92 Å². The first-order valence-electron chi connectivity index (χ1n) is 2.58. The van der Waals surface area contributed by atoms with Gasteiger partial charge in [0.15, 0.2) is 8.67 Å². The summed E-state index contributed by atoms with van der Waals surface area (Å²) in [4.78, 5) is 10.7. The third-order valence-corrected chi connectivity index (χ3v) is 3.94. The summed E-state index contributed by atoms with van der Waals surface area (Å²) in [5, 5.41) is 0. The third-order valence-electron chi connectivity index (χ3n) is 1.49. The van der Waals surface area contributed by atoms with Crippen LogP contribution < -0.4 is 0 Å². The monoisotopic (exact) mass is 220 g/mol. The van der Waals surface area contributed by atoms with Crippen molar-refractivity contribution in [2.75, 3.05) is 0 Å². The van der Waals surface area contributed by atoms with E-state index in [1.165, 1.54) is 6.92 Å². The smallest absolute Gasteiger partial charge is 0.164 e. The van der Waals surface area contributed by atoms with Crippen LogP contribution in [-0.2, 0) is 4.79 Å². The van der Waals surface area contributed by atoms with Crippen molar-refractivity contribution in [2.24, 2.45) is 5.92 Å². The van der Waals surface area contributed by atoms with Crippen LogP contribution in [0.5, 0.6) is 0 Å². The van der Waals surface area contributed by atoms with E-state index in [1.807, 2.05) is 0 Å². The average molecular weight is 222 g/mol. The molecule has 0 aliphatic heterocycles. The van der Waals surface area contributed by atoms with Crippen LogP contribution in [-0.4, -0.2) is 14.4 Å². The van der Waals surface area contributed by atoms with Crippen molar-refractivity contribution in [3.05, 3.63) is 0 Å². The van der Waals surface area contributed by atoms with E-state index in [2.05, 4.69) is 0 Å². The standard InChI is InChI=1S/C5H4Cl4O/c1-2(10)3-4(6,7)5(3,8)9/h3H,1H3. The second-order valence-electron chi connectivity index (χ2n) is 2.29. The maximum Gasteiger partial charge on any atom is 0.164 e. The molecule has 0 heterocycles. The molecule has 0 aromatic heterocycles. The summed E-state index contributed by atoms with van der Waals surface area (Å²) in [5.74, 6) is -0.832. The summed E-state index contributed by atoms with van der Waals surface area (Å²) in [6.45, 7) is 1.36. The van der Waals surface area contributed by atoms with E-state index >= 15 is 0 Å². The average Bonchev–Trinajstić information content (AvgIpc) is 1.97. The normalized spacial score (nSPS) is 28.1. The molecule has 1 aliphatic rings. The number of hydrogen-bond acceptors (Lipinski definition) is 1. The van der Waals surface area contributed by atoms with Crippen LogP contribution in [0.3, 0.4) is 0 Å². The fourth-order valence-electron chi connectivity index (χ4n) is 0.853. The summed E-state index contributed by atoms with van der Waals surface area (Å²) < 4.78 is -2.58. The summed E-state index contributed by atoms with van der Waals surface area (Å²) in [5.41, 5.74) is 0. The second kappa shape index (κ2) is 2.16. The zero-order chi connectivity index (χ0) is 8.15. The predicted molar refractivity (Wildman–Crippen MR) is 43.0 cm³/mol. The van der Waals surface area contributed by atoms with Gasteiger partial charge >= 0.3 is 0 Å². The lowest BCUT2D eigenvalue weighted by Crippen LogP contribution is -2.00. The Hall–Kier alpha value is 0.830. The molecule has 0 atom stereocenters. The first-order valence-corrected chi connectivity index (χ1v) is 4.09. The maximum absolute atomic E-state index is 10.7. The molecule has 0 spiro atoms. The number of carbonyl (C=O) groups is 1. The first-order chi connectivity index (χ1) is 4.32. The minimum absolute atomic E-state index is 0.185.